The molecule has 0 saturated heterocycles. The molecule has 60 valence electrons. The van der Waals surface area contributed by atoms with Crippen molar-refractivity contribution in [3.05, 3.63) is 0 Å². The summed E-state index contributed by atoms with van der Waals surface area (Å²) in [5.74, 6) is 0.809. The van der Waals surface area contributed by atoms with Crippen LogP contribution in [-0.4, -0.2) is 17.3 Å². The number of nitrogens with two attached hydrogens (primary N) is 1. The Hall–Kier alpha value is -0.0800. The van der Waals surface area contributed by atoms with Crippen LogP contribution in [0, 0.1) is 5.92 Å². The third kappa shape index (κ3) is 1.70. The van der Waals surface area contributed by atoms with Crippen LogP contribution in [0.5, 0.6) is 0 Å². The standard InChI is InChI=1S/C8H17NO/c1-7-2-4-8(9,6-10)5-3-7/h7,10H,2-6,9H2,1H3/t7-,8-. The molecule has 0 bridgehead atoms. The molecule has 0 atom stereocenters. The van der Waals surface area contributed by atoms with Gasteiger partial charge in [-0.05, 0) is 31.6 Å². The Kier molecular flexibility index (Phi) is 2.32. The molecule has 0 aromatic carbocycles. The fraction of sp³-hybridized carbons (Fsp3) is 1.00. The number of hydrogen-bond acceptors (Lipinski definition) is 2. The van der Waals surface area contributed by atoms with Crippen molar-refractivity contribution in [2.45, 2.75) is 38.1 Å². The summed E-state index contributed by atoms with van der Waals surface area (Å²) in [4.78, 5) is 0. The first kappa shape index (κ1) is 8.02. The van der Waals surface area contributed by atoms with E-state index in [-0.39, 0.29) is 12.1 Å². The monoisotopic (exact) mass is 143 g/mol. The quantitative estimate of drug-likeness (QED) is 0.572. The maximum absolute atomic E-state index is 8.91. The Morgan fingerprint density at radius 1 is 1.50 bits per heavy atom. The zero-order valence-electron chi connectivity index (χ0n) is 6.64. The van der Waals surface area contributed by atoms with Crippen LogP contribution in [-0.2, 0) is 0 Å². The molecule has 0 heterocycles. The van der Waals surface area contributed by atoms with Crippen molar-refractivity contribution in [1.29, 1.82) is 0 Å². The first-order chi connectivity index (χ1) is 4.66. The molecule has 2 heteroatoms. The summed E-state index contributed by atoms with van der Waals surface area (Å²) in [6, 6.07) is 0. The number of rotatable bonds is 1. The number of aliphatic hydroxyl groups excluding tert-OH is 1. The highest BCUT2D eigenvalue weighted by atomic mass is 16.3. The molecule has 0 amide bonds. The van der Waals surface area contributed by atoms with Gasteiger partial charge in [0.15, 0.2) is 0 Å². The van der Waals surface area contributed by atoms with E-state index in [4.69, 9.17) is 10.8 Å². The highest BCUT2D eigenvalue weighted by molar-refractivity contribution is 4.87. The number of aliphatic hydroxyl groups is 1. The van der Waals surface area contributed by atoms with Crippen molar-refractivity contribution in [3.63, 3.8) is 0 Å². The van der Waals surface area contributed by atoms with Gasteiger partial charge in [0, 0.05) is 5.54 Å². The van der Waals surface area contributed by atoms with Gasteiger partial charge in [0.25, 0.3) is 0 Å². The highest BCUT2D eigenvalue weighted by Gasteiger charge is 2.28. The second-order valence-corrected chi connectivity index (χ2v) is 3.70. The molecule has 3 N–H and O–H groups in total. The normalized spacial score (nSPS) is 41.7. The molecule has 1 fully saturated rings. The van der Waals surface area contributed by atoms with Gasteiger partial charge >= 0.3 is 0 Å². The van der Waals surface area contributed by atoms with Crippen molar-refractivity contribution < 1.29 is 5.11 Å². The van der Waals surface area contributed by atoms with Crippen LogP contribution in [0.25, 0.3) is 0 Å². The fourth-order valence-electron chi connectivity index (χ4n) is 1.50. The zero-order valence-corrected chi connectivity index (χ0v) is 6.64. The minimum absolute atomic E-state index is 0.153. The molecule has 0 aliphatic heterocycles. The van der Waals surface area contributed by atoms with Crippen molar-refractivity contribution in [1.82, 2.24) is 0 Å². The fourth-order valence-corrected chi connectivity index (χ4v) is 1.50. The first-order valence-corrected chi connectivity index (χ1v) is 4.06. The van der Waals surface area contributed by atoms with E-state index in [1.807, 2.05) is 0 Å². The third-order valence-electron chi connectivity index (χ3n) is 2.58. The van der Waals surface area contributed by atoms with E-state index >= 15 is 0 Å². The Morgan fingerprint density at radius 3 is 2.40 bits per heavy atom. The lowest BCUT2D eigenvalue weighted by molar-refractivity contribution is 0.140. The van der Waals surface area contributed by atoms with Crippen molar-refractivity contribution in [2.75, 3.05) is 6.61 Å². The molecule has 0 spiro atoms. The van der Waals surface area contributed by atoms with Gasteiger partial charge in [-0.2, -0.15) is 0 Å². The Balaban J connectivity index is 2.38. The van der Waals surface area contributed by atoms with Crippen LogP contribution < -0.4 is 5.73 Å². The van der Waals surface area contributed by atoms with Gasteiger partial charge in [-0.1, -0.05) is 6.92 Å². The summed E-state index contributed by atoms with van der Waals surface area (Å²) >= 11 is 0. The smallest absolute Gasteiger partial charge is 0.0611 e. The van der Waals surface area contributed by atoms with E-state index in [0.29, 0.717) is 0 Å². The molecule has 0 unspecified atom stereocenters. The van der Waals surface area contributed by atoms with Gasteiger partial charge in [0.2, 0.25) is 0 Å². The van der Waals surface area contributed by atoms with Gasteiger partial charge < -0.3 is 10.8 Å². The van der Waals surface area contributed by atoms with Gasteiger partial charge in [-0.3, -0.25) is 0 Å². The molecule has 0 radical (unpaired) electrons. The first-order valence-electron chi connectivity index (χ1n) is 4.06. The molecule has 2 nitrogen and oxygen atoms in total. The Bertz CT molecular complexity index is 106. The average molecular weight is 143 g/mol. The predicted molar refractivity (Wildman–Crippen MR) is 41.6 cm³/mol. The van der Waals surface area contributed by atoms with Crippen LogP contribution in [0.4, 0.5) is 0 Å². The van der Waals surface area contributed by atoms with Crippen LogP contribution in [0.1, 0.15) is 32.6 Å². The Labute approximate surface area is 62.4 Å². The maximum Gasteiger partial charge on any atom is 0.0611 e. The summed E-state index contributed by atoms with van der Waals surface area (Å²) < 4.78 is 0. The van der Waals surface area contributed by atoms with Crippen molar-refractivity contribution >= 4 is 0 Å². The van der Waals surface area contributed by atoms with Gasteiger partial charge in [0.1, 0.15) is 0 Å². The Morgan fingerprint density at radius 2 is 2.00 bits per heavy atom. The number of hydrogen-bond donors (Lipinski definition) is 2. The molecule has 0 aromatic heterocycles. The van der Waals surface area contributed by atoms with Crippen molar-refractivity contribution in [3.8, 4) is 0 Å². The SMILES string of the molecule is C[C@H]1CC[C@@](N)(CO)CC1. The molecule has 1 rings (SSSR count). The molecule has 10 heavy (non-hydrogen) atoms. The summed E-state index contributed by atoms with van der Waals surface area (Å²) in [5.41, 5.74) is 5.63. The summed E-state index contributed by atoms with van der Waals surface area (Å²) in [7, 11) is 0. The van der Waals surface area contributed by atoms with Crippen LogP contribution >= 0.6 is 0 Å². The van der Waals surface area contributed by atoms with E-state index in [0.717, 1.165) is 18.8 Å². The maximum atomic E-state index is 8.91. The summed E-state index contributed by atoms with van der Waals surface area (Å²) in [6.45, 7) is 2.40. The van der Waals surface area contributed by atoms with Crippen LogP contribution in [0.15, 0.2) is 0 Å². The van der Waals surface area contributed by atoms with Crippen LogP contribution in [0.3, 0.4) is 0 Å². The predicted octanol–water partition coefficient (Wildman–Crippen LogP) is 0.886. The molecular weight excluding hydrogens is 126 g/mol. The highest BCUT2D eigenvalue weighted by Crippen LogP contribution is 2.29. The van der Waals surface area contributed by atoms with Gasteiger partial charge in [0.05, 0.1) is 6.61 Å². The topological polar surface area (TPSA) is 46.2 Å². The second kappa shape index (κ2) is 2.89. The third-order valence-corrected chi connectivity index (χ3v) is 2.58. The van der Waals surface area contributed by atoms with Crippen molar-refractivity contribution in [2.24, 2.45) is 11.7 Å². The molecular formula is C8H17NO. The van der Waals surface area contributed by atoms with E-state index in [1.54, 1.807) is 0 Å². The summed E-state index contributed by atoms with van der Waals surface area (Å²) in [6.07, 6.45) is 4.34. The van der Waals surface area contributed by atoms with Crippen LogP contribution in [0.2, 0.25) is 0 Å². The molecule has 1 aliphatic rings. The van der Waals surface area contributed by atoms with Gasteiger partial charge in [-0.25, -0.2) is 0 Å². The second-order valence-electron chi connectivity index (χ2n) is 3.70. The van der Waals surface area contributed by atoms with Gasteiger partial charge in [-0.15, -0.1) is 0 Å². The molecule has 1 saturated carbocycles. The molecule has 0 aromatic rings. The summed E-state index contributed by atoms with van der Waals surface area (Å²) in [5, 5.41) is 8.91. The lowest BCUT2D eigenvalue weighted by Crippen LogP contribution is -2.46. The van der Waals surface area contributed by atoms with E-state index < -0.39 is 0 Å². The minimum Gasteiger partial charge on any atom is -0.394 e. The lowest BCUT2D eigenvalue weighted by atomic mass is 9.78. The van der Waals surface area contributed by atoms with E-state index in [2.05, 4.69) is 6.92 Å². The molecule has 1 aliphatic carbocycles. The zero-order chi connectivity index (χ0) is 7.61. The lowest BCUT2D eigenvalue weighted by Gasteiger charge is -2.34. The average Bonchev–Trinajstić information content (AvgIpc) is 1.96. The largest absolute Gasteiger partial charge is 0.394 e. The van der Waals surface area contributed by atoms with E-state index in [1.165, 1.54) is 12.8 Å². The minimum atomic E-state index is -0.244. The van der Waals surface area contributed by atoms with E-state index in [9.17, 15) is 0 Å².